The Hall–Kier alpha value is -1.71. The minimum absolute atomic E-state index is 0.245. The number of ether oxygens (including phenoxy) is 3. The van der Waals surface area contributed by atoms with Crippen LogP contribution in [0.1, 0.15) is 18.6 Å². The molecule has 1 heterocycles. The molecule has 2 rings (SSSR count). The quantitative estimate of drug-likeness (QED) is 0.699. The van der Waals surface area contributed by atoms with E-state index in [1.54, 1.807) is 14.0 Å². The summed E-state index contributed by atoms with van der Waals surface area (Å²) in [5.74, 6) is 0.775. The number of hydrogen-bond donors (Lipinski definition) is 0. The van der Waals surface area contributed by atoms with Gasteiger partial charge in [-0.1, -0.05) is 12.1 Å². The molecule has 0 radical (unpaired) electrons. The molecule has 0 spiro atoms. The third kappa shape index (κ3) is 1.88. The number of rotatable bonds is 2. The van der Waals surface area contributed by atoms with Gasteiger partial charge in [-0.05, 0) is 24.6 Å². The van der Waals surface area contributed by atoms with Gasteiger partial charge in [0.25, 0.3) is 0 Å². The summed E-state index contributed by atoms with van der Waals surface area (Å²) in [6.45, 7) is 1.81. The molecule has 0 aromatic heterocycles. The van der Waals surface area contributed by atoms with Crippen LogP contribution in [0, 0.1) is 0 Å². The molecule has 0 aliphatic carbocycles. The van der Waals surface area contributed by atoms with Crippen molar-refractivity contribution in [2.45, 2.75) is 19.1 Å². The fourth-order valence-corrected chi connectivity index (χ4v) is 1.57. The molecular formula is C11H12O4. The molecule has 0 amide bonds. The number of hydrogen-bond acceptors (Lipinski definition) is 4. The molecule has 1 aliphatic rings. The molecule has 0 saturated carbocycles. The Morgan fingerprint density at radius 1 is 1.20 bits per heavy atom. The maximum Gasteiger partial charge on any atom is 0.509 e. The maximum absolute atomic E-state index is 10.9. The van der Waals surface area contributed by atoms with E-state index >= 15 is 0 Å². The normalized spacial score (nSPS) is 24.5. The van der Waals surface area contributed by atoms with Gasteiger partial charge in [0, 0.05) is 0 Å². The number of carbonyl (C=O) groups excluding carboxylic acids is 1. The molecule has 2 unspecified atom stereocenters. The fraction of sp³-hybridized carbons (Fsp3) is 0.364. The number of carbonyl (C=O) groups is 1. The molecule has 80 valence electrons. The smallest absolute Gasteiger partial charge is 0.497 e. The van der Waals surface area contributed by atoms with E-state index in [0.29, 0.717) is 0 Å². The van der Waals surface area contributed by atoms with Gasteiger partial charge in [-0.15, -0.1) is 0 Å². The minimum Gasteiger partial charge on any atom is -0.497 e. The van der Waals surface area contributed by atoms with Crippen molar-refractivity contribution in [3.8, 4) is 5.75 Å². The molecule has 15 heavy (non-hydrogen) atoms. The van der Waals surface area contributed by atoms with Crippen LogP contribution in [0.2, 0.25) is 0 Å². The van der Waals surface area contributed by atoms with Gasteiger partial charge in [0.15, 0.2) is 6.10 Å². The second-order valence-electron chi connectivity index (χ2n) is 3.38. The lowest BCUT2D eigenvalue weighted by atomic mass is 10.1. The summed E-state index contributed by atoms with van der Waals surface area (Å²) in [4.78, 5) is 10.9. The predicted octanol–water partition coefficient (Wildman–Crippen LogP) is 2.29. The first-order chi connectivity index (χ1) is 7.20. The van der Waals surface area contributed by atoms with Gasteiger partial charge in [0.1, 0.15) is 11.9 Å². The SMILES string of the molecule is COc1ccc(C2OC(=O)OC2C)cc1. The van der Waals surface area contributed by atoms with Crippen molar-refractivity contribution < 1.29 is 19.0 Å². The van der Waals surface area contributed by atoms with Gasteiger partial charge in [-0.25, -0.2) is 4.79 Å². The Balaban J connectivity index is 2.19. The highest BCUT2D eigenvalue weighted by Crippen LogP contribution is 2.30. The van der Waals surface area contributed by atoms with E-state index in [0.717, 1.165) is 11.3 Å². The van der Waals surface area contributed by atoms with Crippen molar-refractivity contribution in [3.63, 3.8) is 0 Å². The van der Waals surface area contributed by atoms with E-state index in [1.807, 2.05) is 24.3 Å². The first-order valence-electron chi connectivity index (χ1n) is 4.72. The maximum atomic E-state index is 10.9. The Morgan fingerprint density at radius 3 is 2.33 bits per heavy atom. The summed E-state index contributed by atoms with van der Waals surface area (Å²) in [5, 5.41) is 0. The topological polar surface area (TPSA) is 44.8 Å². The zero-order chi connectivity index (χ0) is 10.8. The molecule has 4 heteroatoms. The second kappa shape index (κ2) is 3.81. The first-order valence-corrected chi connectivity index (χ1v) is 4.72. The summed E-state index contributed by atoms with van der Waals surface area (Å²) in [6.07, 6.45) is -1.17. The second-order valence-corrected chi connectivity index (χ2v) is 3.38. The Morgan fingerprint density at radius 2 is 1.87 bits per heavy atom. The van der Waals surface area contributed by atoms with Crippen molar-refractivity contribution >= 4 is 6.16 Å². The summed E-state index contributed by atoms with van der Waals surface area (Å²) in [5.41, 5.74) is 0.911. The van der Waals surface area contributed by atoms with Crippen molar-refractivity contribution in [3.05, 3.63) is 29.8 Å². The van der Waals surface area contributed by atoms with Gasteiger partial charge < -0.3 is 14.2 Å². The highest BCUT2D eigenvalue weighted by atomic mass is 16.8. The van der Waals surface area contributed by atoms with E-state index in [-0.39, 0.29) is 12.2 Å². The zero-order valence-electron chi connectivity index (χ0n) is 8.60. The van der Waals surface area contributed by atoms with E-state index in [1.165, 1.54) is 0 Å². The third-order valence-corrected chi connectivity index (χ3v) is 2.38. The van der Waals surface area contributed by atoms with Crippen LogP contribution in [0.5, 0.6) is 5.75 Å². The van der Waals surface area contributed by atoms with E-state index in [2.05, 4.69) is 0 Å². The van der Waals surface area contributed by atoms with Crippen molar-refractivity contribution in [1.82, 2.24) is 0 Å². The molecule has 4 nitrogen and oxygen atoms in total. The molecule has 1 fully saturated rings. The van der Waals surface area contributed by atoms with Crippen molar-refractivity contribution in [2.24, 2.45) is 0 Å². The summed E-state index contributed by atoms with van der Waals surface area (Å²) < 4.78 is 15.0. The van der Waals surface area contributed by atoms with Crippen LogP contribution in [-0.2, 0) is 9.47 Å². The average Bonchev–Trinajstić information content (AvgIpc) is 2.58. The molecule has 2 atom stereocenters. The number of benzene rings is 1. The highest BCUT2D eigenvalue weighted by molar-refractivity contribution is 5.63. The van der Waals surface area contributed by atoms with Crippen LogP contribution in [0.4, 0.5) is 4.79 Å². The largest absolute Gasteiger partial charge is 0.509 e. The lowest BCUT2D eigenvalue weighted by Gasteiger charge is -2.11. The van der Waals surface area contributed by atoms with Gasteiger partial charge >= 0.3 is 6.16 Å². The molecule has 0 bridgehead atoms. The molecule has 0 N–H and O–H groups in total. The van der Waals surface area contributed by atoms with Crippen molar-refractivity contribution in [1.29, 1.82) is 0 Å². The van der Waals surface area contributed by atoms with Gasteiger partial charge in [-0.2, -0.15) is 0 Å². The van der Waals surface area contributed by atoms with Crippen LogP contribution in [0.3, 0.4) is 0 Å². The molecule has 1 aromatic rings. The number of methoxy groups -OCH3 is 1. The molecule has 1 saturated heterocycles. The fourth-order valence-electron chi connectivity index (χ4n) is 1.57. The lowest BCUT2D eigenvalue weighted by molar-refractivity contribution is 0.117. The monoisotopic (exact) mass is 208 g/mol. The predicted molar refractivity (Wildman–Crippen MR) is 52.8 cm³/mol. The van der Waals surface area contributed by atoms with E-state index in [4.69, 9.17) is 14.2 Å². The highest BCUT2D eigenvalue weighted by Gasteiger charge is 2.34. The van der Waals surface area contributed by atoms with Crippen molar-refractivity contribution in [2.75, 3.05) is 7.11 Å². The first kappa shape index (κ1) is 9.83. The molecule has 1 aliphatic heterocycles. The van der Waals surface area contributed by atoms with Crippen LogP contribution < -0.4 is 4.74 Å². The van der Waals surface area contributed by atoms with Gasteiger partial charge in [0.2, 0.25) is 0 Å². The Bertz CT molecular complexity index is 357. The summed E-state index contributed by atoms with van der Waals surface area (Å²) >= 11 is 0. The summed E-state index contributed by atoms with van der Waals surface area (Å²) in [7, 11) is 1.61. The average molecular weight is 208 g/mol. The Kier molecular flexibility index (Phi) is 2.49. The van der Waals surface area contributed by atoms with Crippen LogP contribution in [-0.4, -0.2) is 19.4 Å². The third-order valence-electron chi connectivity index (χ3n) is 2.38. The molecular weight excluding hydrogens is 196 g/mol. The lowest BCUT2D eigenvalue weighted by Crippen LogP contribution is -2.09. The standard InChI is InChI=1S/C11H12O4/c1-7-10(15-11(12)14-7)8-3-5-9(13-2)6-4-8/h3-7,10H,1-2H3. The van der Waals surface area contributed by atoms with Crippen LogP contribution in [0.15, 0.2) is 24.3 Å². The van der Waals surface area contributed by atoms with Gasteiger partial charge in [-0.3, -0.25) is 0 Å². The van der Waals surface area contributed by atoms with Gasteiger partial charge in [0.05, 0.1) is 7.11 Å². The zero-order valence-corrected chi connectivity index (χ0v) is 8.60. The summed E-state index contributed by atoms with van der Waals surface area (Å²) in [6, 6.07) is 7.38. The minimum atomic E-state index is -0.608. The number of cyclic esters (lactones) is 2. The van der Waals surface area contributed by atoms with Crippen LogP contribution in [0.25, 0.3) is 0 Å². The van der Waals surface area contributed by atoms with Crippen LogP contribution >= 0.6 is 0 Å². The molecule has 1 aromatic carbocycles. The van der Waals surface area contributed by atoms with E-state index in [9.17, 15) is 4.79 Å². The Labute approximate surface area is 87.8 Å². The van der Waals surface area contributed by atoms with E-state index < -0.39 is 6.16 Å².